The Morgan fingerprint density at radius 3 is 2.28 bits per heavy atom. The fourth-order valence-corrected chi connectivity index (χ4v) is 3.31. The summed E-state index contributed by atoms with van der Waals surface area (Å²) in [6.45, 7) is 4.06. The number of carboxylic acid groups (broad SMARTS) is 1. The summed E-state index contributed by atoms with van der Waals surface area (Å²) in [5, 5.41) is 12.3. The highest BCUT2D eigenvalue weighted by Crippen LogP contribution is 2.48. The molecule has 0 aromatic carbocycles. The Morgan fingerprint density at radius 1 is 1.22 bits per heavy atom. The molecule has 1 amide bonds. The standard InChI is InChI=1S/C14H21NO3/c1-3-10(4-2)15-13(16)11-8-5-6-9(7-8)12(11)14(17)18/h5-6,8-12H,3-4,7H2,1-2H3,(H,15,16)(H,17,18)/t8-,9-,11-,12-/m0/s1. The third-order valence-corrected chi connectivity index (χ3v) is 4.38. The Bertz CT molecular complexity index is 373. The molecule has 0 heterocycles. The summed E-state index contributed by atoms with van der Waals surface area (Å²) in [5.41, 5.74) is 0. The molecule has 1 saturated carbocycles. The van der Waals surface area contributed by atoms with Crippen LogP contribution < -0.4 is 5.32 Å². The maximum Gasteiger partial charge on any atom is 0.307 e. The quantitative estimate of drug-likeness (QED) is 0.732. The zero-order valence-corrected chi connectivity index (χ0v) is 10.9. The SMILES string of the molecule is CCC(CC)NC(=O)[C@@H]1[C@@H](C(=O)O)[C@H]2C=C[C@H]1C2. The van der Waals surface area contributed by atoms with Crippen LogP contribution in [-0.4, -0.2) is 23.0 Å². The van der Waals surface area contributed by atoms with E-state index in [1.165, 1.54) is 0 Å². The van der Waals surface area contributed by atoms with Gasteiger partial charge in [-0.3, -0.25) is 9.59 Å². The molecule has 18 heavy (non-hydrogen) atoms. The van der Waals surface area contributed by atoms with E-state index < -0.39 is 11.9 Å². The number of allylic oxidation sites excluding steroid dienone is 2. The van der Waals surface area contributed by atoms with E-state index in [2.05, 4.69) is 5.32 Å². The smallest absolute Gasteiger partial charge is 0.307 e. The first-order valence-corrected chi connectivity index (χ1v) is 6.80. The number of rotatable bonds is 5. The molecule has 4 atom stereocenters. The van der Waals surface area contributed by atoms with Crippen molar-refractivity contribution in [2.45, 2.75) is 39.2 Å². The molecule has 4 heteroatoms. The van der Waals surface area contributed by atoms with Crippen LogP contribution in [-0.2, 0) is 9.59 Å². The van der Waals surface area contributed by atoms with Gasteiger partial charge < -0.3 is 10.4 Å². The maximum absolute atomic E-state index is 12.3. The average molecular weight is 251 g/mol. The van der Waals surface area contributed by atoms with E-state index in [4.69, 9.17) is 0 Å². The van der Waals surface area contributed by atoms with Crippen molar-refractivity contribution >= 4 is 11.9 Å². The van der Waals surface area contributed by atoms with Gasteiger partial charge in [-0.25, -0.2) is 0 Å². The van der Waals surface area contributed by atoms with Crippen molar-refractivity contribution in [3.05, 3.63) is 12.2 Å². The maximum atomic E-state index is 12.3. The monoisotopic (exact) mass is 251 g/mol. The Labute approximate surface area is 107 Å². The first kappa shape index (κ1) is 13.1. The van der Waals surface area contributed by atoms with Gasteiger partial charge in [0.1, 0.15) is 0 Å². The van der Waals surface area contributed by atoms with Crippen molar-refractivity contribution < 1.29 is 14.7 Å². The van der Waals surface area contributed by atoms with Crippen molar-refractivity contribution in [2.24, 2.45) is 23.7 Å². The lowest BCUT2D eigenvalue weighted by atomic mass is 9.82. The van der Waals surface area contributed by atoms with Crippen molar-refractivity contribution in [1.82, 2.24) is 5.32 Å². The largest absolute Gasteiger partial charge is 0.481 e. The predicted octanol–water partition coefficient (Wildman–Crippen LogP) is 1.81. The summed E-state index contributed by atoms with van der Waals surface area (Å²) in [7, 11) is 0. The van der Waals surface area contributed by atoms with Gasteiger partial charge in [0.25, 0.3) is 0 Å². The number of carbonyl (C=O) groups is 2. The molecule has 0 spiro atoms. The van der Waals surface area contributed by atoms with Gasteiger partial charge in [-0.05, 0) is 31.1 Å². The number of hydrogen-bond acceptors (Lipinski definition) is 2. The molecule has 0 saturated heterocycles. The molecular weight excluding hydrogens is 230 g/mol. The Kier molecular flexibility index (Phi) is 3.73. The number of fused-ring (bicyclic) bond motifs is 2. The molecule has 2 aliphatic rings. The predicted molar refractivity (Wildman–Crippen MR) is 67.9 cm³/mol. The van der Waals surface area contributed by atoms with Gasteiger partial charge >= 0.3 is 5.97 Å². The zero-order chi connectivity index (χ0) is 13.3. The van der Waals surface area contributed by atoms with Crippen molar-refractivity contribution in [3.8, 4) is 0 Å². The van der Waals surface area contributed by atoms with Crippen molar-refractivity contribution in [1.29, 1.82) is 0 Å². The Balaban J connectivity index is 2.09. The molecule has 2 rings (SSSR count). The molecule has 2 N–H and O–H groups in total. The van der Waals surface area contributed by atoms with Gasteiger partial charge in [0, 0.05) is 6.04 Å². The molecular formula is C14H21NO3. The molecule has 0 radical (unpaired) electrons. The summed E-state index contributed by atoms with van der Waals surface area (Å²) in [6, 6.07) is 0.162. The molecule has 0 unspecified atom stereocenters. The van der Waals surface area contributed by atoms with Crippen LogP contribution in [0.2, 0.25) is 0 Å². The molecule has 100 valence electrons. The highest BCUT2D eigenvalue weighted by Gasteiger charge is 2.51. The van der Waals surface area contributed by atoms with Crippen LogP contribution in [0.3, 0.4) is 0 Å². The normalized spacial score (nSPS) is 33.1. The number of amides is 1. The number of carboxylic acids is 1. The lowest BCUT2D eigenvalue weighted by Gasteiger charge is -2.26. The van der Waals surface area contributed by atoms with E-state index in [9.17, 15) is 14.7 Å². The van der Waals surface area contributed by atoms with Gasteiger partial charge in [-0.2, -0.15) is 0 Å². The van der Waals surface area contributed by atoms with Crippen LogP contribution in [0.25, 0.3) is 0 Å². The van der Waals surface area contributed by atoms with Crippen LogP contribution in [0, 0.1) is 23.7 Å². The van der Waals surface area contributed by atoms with Crippen LogP contribution >= 0.6 is 0 Å². The molecule has 0 aliphatic heterocycles. The fourth-order valence-electron chi connectivity index (χ4n) is 3.31. The highest BCUT2D eigenvalue weighted by molar-refractivity contribution is 5.87. The van der Waals surface area contributed by atoms with E-state index in [1.807, 2.05) is 26.0 Å². The lowest BCUT2D eigenvalue weighted by Crippen LogP contribution is -2.44. The third kappa shape index (κ3) is 2.16. The summed E-state index contributed by atoms with van der Waals surface area (Å²) in [4.78, 5) is 23.6. The molecule has 2 aliphatic carbocycles. The summed E-state index contributed by atoms with van der Waals surface area (Å²) in [6.07, 6.45) is 6.57. The van der Waals surface area contributed by atoms with E-state index >= 15 is 0 Å². The fraction of sp³-hybridized carbons (Fsp3) is 0.714. The lowest BCUT2D eigenvalue weighted by molar-refractivity contribution is -0.148. The van der Waals surface area contributed by atoms with Gasteiger partial charge in [-0.15, -0.1) is 0 Å². The summed E-state index contributed by atoms with van der Waals surface area (Å²) >= 11 is 0. The van der Waals surface area contributed by atoms with Crippen LogP contribution in [0.15, 0.2) is 12.2 Å². The van der Waals surface area contributed by atoms with E-state index in [1.54, 1.807) is 0 Å². The first-order valence-electron chi connectivity index (χ1n) is 6.80. The molecule has 4 nitrogen and oxygen atoms in total. The van der Waals surface area contributed by atoms with Gasteiger partial charge in [0.2, 0.25) is 5.91 Å². The van der Waals surface area contributed by atoms with E-state index in [-0.39, 0.29) is 29.7 Å². The minimum Gasteiger partial charge on any atom is -0.481 e. The topological polar surface area (TPSA) is 66.4 Å². The molecule has 1 fully saturated rings. The number of nitrogens with one attached hydrogen (secondary N) is 1. The van der Waals surface area contributed by atoms with Crippen molar-refractivity contribution in [2.75, 3.05) is 0 Å². The summed E-state index contributed by atoms with van der Waals surface area (Å²) in [5.74, 6) is -1.66. The van der Waals surface area contributed by atoms with Gasteiger partial charge in [0.15, 0.2) is 0 Å². The first-order chi connectivity index (χ1) is 8.58. The van der Waals surface area contributed by atoms with Crippen LogP contribution in [0.5, 0.6) is 0 Å². The average Bonchev–Trinajstić information content (AvgIpc) is 2.95. The molecule has 0 aromatic rings. The van der Waals surface area contributed by atoms with Gasteiger partial charge in [0.05, 0.1) is 11.8 Å². The zero-order valence-electron chi connectivity index (χ0n) is 10.9. The number of carbonyl (C=O) groups excluding carboxylic acids is 1. The number of hydrogen-bond donors (Lipinski definition) is 2. The second-order valence-corrected chi connectivity index (χ2v) is 5.36. The minimum atomic E-state index is -0.837. The Hall–Kier alpha value is -1.32. The third-order valence-electron chi connectivity index (χ3n) is 4.38. The van der Waals surface area contributed by atoms with Crippen molar-refractivity contribution in [3.63, 3.8) is 0 Å². The van der Waals surface area contributed by atoms with Crippen LogP contribution in [0.4, 0.5) is 0 Å². The molecule has 0 aromatic heterocycles. The van der Waals surface area contributed by atoms with E-state index in [0.29, 0.717) is 0 Å². The number of aliphatic carboxylic acids is 1. The second-order valence-electron chi connectivity index (χ2n) is 5.36. The second kappa shape index (κ2) is 5.12. The minimum absolute atomic E-state index is 0.0463. The molecule has 2 bridgehead atoms. The Morgan fingerprint density at radius 2 is 1.78 bits per heavy atom. The van der Waals surface area contributed by atoms with Crippen LogP contribution in [0.1, 0.15) is 33.1 Å². The van der Waals surface area contributed by atoms with E-state index in [0.717, 1.165) is 19.3 Å². The van der Waals surface area contributed by atoms with Gasteiger partial charge in [-0.1, -0.05) is 26.0 Å². The summed E-state index contributed by atoms with van der Waals surface area (Å²) < 4.78 is 0. The highest BCUT2D eigenvalue weighted by atomic mass is 16.4.